The third-order valence-corrected chi connectivity index (χ3v) is 4.32. The number of rotatable bonds is 5. The van der Waals surface area contributed by atoms with Crippen molar-refractivity contribution in [2.75, 3.05) is 6.54 Å². The predicted octanol–water partition coefficient (Wildman–Crippen LogP) is 3.09. The van der Waals surface area contributed by atoms with E-state index in [0.717, 1.165) is 29.3 Å². The lowest BCUT2D eigenvalue weighted by Gasteiger charge is -2.17. The molecule has 1 aliphatic rings. The van der Waals surface area contributed by atoms with Crippen molar-refractivity contribution in [2.45, 2.75) is 32.0 Å². The van der Waals surface area contributed by atoms with E-state index >= 15 is 0 Å². The van der Waals surface area contributed by atoms with Crippen molar-refractivity contribution in [1.82, 2.24) is 15.1 Å². The first-order chi connectivity index (χ1) is 11.8. The van der Waals surface area contributed by atoms with Gasteiger partial charge < -0.3 is 11.1 Å². The van der Waals surface area contributed by atoms with Gasteiger partial charge >= 0.3 is 6.18 Å². The molecule has 9 heteroatoms. The summed E-state index contributed by atoms with van der Waals surface area (Å²) >= 11 is 0. The number of nitrogens with one attached hydrogen (secondary N) is 1. The normalized spacial score (nSPS) is 15.3. The zero-order valence-electron chi connectivity index (χ0n) is 14.1. The monoisotopic (exact) mass is 388 g/mol. The average molecular weight is 389 g/mol. The summed E-state index contributed by atoms with van der Waals surface area (Å²) in [5.41, 5.74) is 5.20. The lowest BCUT2D eigenvalue weighted by molar-refractivity contribution is -0.143. The van der Waals surface area contributed by atoms with Crippen LogP contribution in [0, 0.1) is 12.8 Å². The quantitative estimate of drug-likeness (QED) is 0.826. The second-order valence-electron chi connectivity index (χ2n) is 6.31. The van der Waals surface area contributed by atoms with Gasteiger partial charge in [-0.25, -0.2) is 4.68 Å². The van der Waals surface area contributed by atoms with E-state index in [9.17, 15) is 18.0 Å². The molecule has 5 nitrogen and oxygen atoms in total. The first-order valence-corrected chi connectivity index (χ1v) is 8.04. The summed E-state index contributed by atoms with van der Waals surface area (Å²) in [7, 11) is 0. The second kappa shape index (κ2) is 7.67. The van der Waals surface area contributed by atoms with Crippen molar-refractivity contribution >= 4 is 18.3 Å². The molecule has 1 saturated carbocycles. The molecule has 0 bridgehead atoms. The Bertz CT molecular complexity index is 769. The van der Waals surface area contributed by atoms with E-state index in [-0.39, 0.29) is 36.6 Å². The highest BCUT2D eigenvalue weighted by Crippen LogP contribution is 2.35. The summed E-state index contributed by atoms with van der Waals surface area (Å²) in [5.74, 6) is -0.552. The lowest BCUT2D eigenvalue weighted by atomic mass is 10.1. The first-order valence-electron chi connectivity index (χ1n) is 8.04. The van der Waals surface area contributed by atoms with Gasteiger partial charge in [0, 0.05) is 12.6 Å². The molecule has 1 aliphatic carbocycles. The van der Waals surface area contributed by atoms with Gasteiger partial charge in [0.1, 0.15) is 0 Å². The van der Waals surface area contributed by atoms with Crippen molar-refractivity contribution in [3.63, 3.8) is 0 Å². The fourth-order valence-corrected chi connectivity index (χ4v) is 2.78. The Kier molecular flexibility index (Phi) is 5.98. The van der Waals surface area contributed by atoms with Crippen LogP contribution in [0.1, 0.15) is 34.5 Å². The minimum atomic E-state index is -4.72. The Morgan fingerprint density at radius 1 is 1.35 bits per heavy atom. The van der Waals surface area contributed by atoms with Crippen molar-refractivity contribution in [3.8, 4) is 5.69 Å². The summed E-state index contributed by atoms with van der Waals surface area (Å²) in [4.78, 5) is 12.4. The largest absolute Gasteiger partial charge is 0.434 e. The number of nitrogens with two attached hydrogens (primary N) is 1. The summed E-state index contributed by atoms with van der Waals surface area (Å²) in [6, 6.07) is 6.14. The average Bonchev–Trinajstić information content (AvgIpc) is 3.29. The molecule has 142 valence electrons. The Balaban J connectivity index is 0.00000243. The van der Waals surface area contributed by atoms with Crippen LogP contribution in [0.15, 0.2) is 30.5 Å². The topological polar surface area (TPSA) is 72.9 Å². The van der Waals surface area contributed by atoms with Crippen LogP contribution >= 0.6 is 12.4 Å². The predicted molar refractivity (Wildman–Crippen MR) is 93.6 cm³/mol. The van der Waals surface area contributed by atoms with Crippen LogP contribution in [0.2, 0.25) is 0 Å². The molecule has 1 heterocycles. The molecule has 0 spiro atoms. The zero-order chi connectivity index (χ0) is 18.2. The van der Waals surface area contributed by atoms with Gasteiger partial charge in [0.2, 0.25) is 0 Å². The van der Waals surface area contributed by atoms with Crippen LogP contribution in [-0.4, -0.2) is 28.3 Å². The highest BCUT2D eigenvalue weighted by Gasteiger charge is 2.41. The van der Waals surface area contributed by atoms with Crippen molar-refractivity contribution in [3.05, 3.63) is 47.3 Å². The molecule has 0 saturated heterocycles. The van der Waals surface area contributed by atoms with Gasteiger partial charge in [-0.15, -0.1) is 12.4 Å². The molecule has 1 atom stereocenters. The van der Waals surface area contributed by atoms with E-state index in [4.69, 9.17) is 5.73 Å². The number of aryl methyl sites for hydroxylation is 1. The Labute approximate surface area is 155 Å². The number of nitrogens with zero attached hydrogens (tertiary/aromatic N) is 2. The molecule has 1 amide bonds. The number of halogens is 4. The Morgan fingerprint density at radius 2 is 1.96 bits per heavy atom. The van der Waals surface area contributed by atoms with Gasteiger partial charge in [-0.3, -0.25) is 4.79 Å². The molecule has 1 fully saturated rings. The fraction of sp³-hybridized carbons (Fsp3) is 0.412. The van der Waals surface area contributed by atoms with Crippen molar-refractivity contribution in [2.24, 2.45) is 11.7 Å². The number of carbonyl (C=O) groups is 1. The maximum atomic E-state index is 13.6. The van der Waals surface area contributed by atoms with Gasteiger partial charge in [-0.2, -0.15) is 18.3 Å². The molecule has 26 heavy (non-hydrogen) atoms. The molecule has 1 aromatic heterocycles. The molecule has 0 aliphatic heterocycles. The highest BCUT2D eigenvalue weighted by molar-refractivity contribution is 5.95. The van der Waals surface area contributed by atoms with Crippen LogP contribution in [0.3, 0.4) is 0 Å². The molecule has 3 N–H and O–H groups in total. The number of hydrogen-bond acceptors (Lipinski definition) is 3. The number of aromatic nitrogens is 2. The minimum absolute atomic E-state index is 0. The molecular formula is C17H20ClF3N4O. The third-order valence-electron chi connectivity index (χ3n) is 4.32. The molecule has 3 rings (SSSR count). The van der Waals surface area contributed by atoms with E-state index in [1.54, 1.807) is 12.1 Å². The van der Waals surface area contributed by atoms with Crippen molar-refractivity contribution in [1.29, 1.82) is 0 Å². The number of carbonyl (C=O) groups excluding carboxylic acids is 1. The fourth-order valence-electron chi connectivity index (χ4n) is 2.78. The second-order valence-corrected chi connectivity index (χ2v) is 6.31. The number of benzene rings is 1. The van der Waals surface area contributed by atoms with Crippen LogP contribution < -0.4 is 11.1 Å². The van der Waals surface area contributed by atoms with Crippen molar-refractivity contribution < 1.29 is 18.0 Å². The molecule has 2 aromatic rings. The molecular weight excluding hydrogens is 369 g/mol. The smallest absolute Gasteiger partial charge is 0.348 e. The summed E-state index contributed by atoms with van der Waals surface area (Å²) in [6.07, 6.45) is -1.90. The number of alkyl halides is 3. The lowest BCUT2D eigenvalue weighted by Crippen LogP contribution is -2.42. The van der Waals surface area contributed by atoms with Gasteiger partial charge in [-0.1, -0.05) is 17.7 Å². The molecule has 0 radical (unpaired) electrons. The summed E-state index contributed by atoms with van der Waals surface area (Å²) < 4.78 is 41.5. The minimum Gasteiger partial charge on any atom is -0.348 e. The number of amides is 1. The maximum absolute atomic E-state index is 13.6. The van der Waals surface area contributed by atoms with E-state index in [1.165, 1.54) is 12.1 Å². The van der Waals surface area contributed by atoms with Crippen LogP contribution in [0.4, 0.5) is 13.2 Å². The van der Waals surface area contributed by atoms with Gasteiger partial charge in [0.05, 0.1) is 17.4 Å². The Hall–Kier alpha value is -2.06. The molecule has 1 unspecified atom stereocenters. The van der Waals surface area contributed by atoms with Gasteiger partial charge in [-0.05, 0) is 37.8 Å². The van der Waals surface area contributed by atoms with Crippen LogP contribution in [0.5, 0.6) is 0 Å². The zero-order valence-corrected chi connectivity index (χ0v) is 14.9. The van der Waals surface area contributed by atoms with E-state index < -0.39 is 23.3 Å². The van der Waals surface area contributed by atoms with Crippen LogP contribution in [0.25, 0.3) is 5.69 Å². The molecule has 1 aromatic carbocycles. The summed E-state index contributed by atoms with van der Waals surface area (Å²) in [6.45, 7) is 2.03. The maximum Gasteiger partial charge on any atom is 0.434 e. The first kappa shape index (κ1) is 20.3. The Morgan fingerprint density at radius 3 is 2.46 bits per heavy atom. The van der Waals surface area contributed by atoms with E-state index in [0.29, 0.717) is 0 Å². The SMILES string of the molecule is Cc1ccc(-n2ncc(C(=O)NC(CN)C3CC3)c2C(F)(F)F)cc1.Cl. The van der Waals surface area contributed by atoms with Gasteiger partial charge in [0.15, 0.2) is 5.69 Å². The standard InChI is InChI=1S/C17H19F3N4O.ClH/c1-10-2-6-12(7-3-10)24-15(17(18,19)20)13(9-22-24)16(25)23-14(8-21)11-4-5-11;/h2-3,6-7,9,11,14H,4-5,8,21H2,1H3,(H,23,25);1H. The van der Waals surface area contributed by atoms with Crippen LogP contribution in [-0.2, 0) is 6.18 Å². The van der Waals surface area contributed by atoms with E-state index in [2.05, 4.69) is 10.4 Å². The highest BCUT2D eigenvalue weighted by atomic mass is 35.5. The van der Waals surface area contributed by atoms with E-state index in [1.807, 2.05) is 6.92 Å². The number of hydrogen-bond donors (Lipinski definition) is 2. The van der Waals surface area contributed by atoms with Gasteiger partial charge in [0.25, 0.3) is 5.91 Å². The summed E-state index contributed by atoms with van der Waals surface area (Å²) in [5, 5.41) is 6.42. The third kappa shape index (κ3) is 4.19.